The van der Waals surface area contributed by atoms with E-state index in [1.165, 1.54) is 0 Å². The van der Waals surface area contributed by atoms with E-state index in [1.54, 1.807) is 7.11 Å². The van der Waals surface area contributed by atoms with Gasteiger partial charge in [0.1, 0.15) is 12.3 Å². The number of hydrogen-bond acceptors (Lipinski definition) is 4. The van der Waals surface area contributed by atoms with Crippen LogP contribution >= 0.6 is 12.2 Å². The van der Waals surface area contributed by atoms with Gasteiger partial charge < -0.3 is 20.1 Å². The van der Waals surface area contributed by atoms with Gasteiger partial charge in [-0.15, -0.1) is 0 Å². The van der Waals surface area contributed by atoms with E-state index in [9.17, 15) is 4.79 Å². The van der Waals surface area contributed by atoms with Gasteiger partial charge in [0, 0.05) is 11.8 Å². The molecule has 0 unspecified atom stereocenters. The number of rotatable bonds is 8. The van der Waals surface area contributed by atoms with Crippen molar-refractivity contribution >= 4 is 29.0 Å². The highest BCUT2D eigenvalue weighted by Crippen LogP contribution is 2.16. The molecule has 0 spiro atoms. The first-order valence-corrected chi connectivity index (χ1v) is 7.41. The third kappa shape index (κ3) is 7.51. The second-order valence-electron chi connectivity index (χ2n) is 4.47. The van der Waals surface area contributed by atoms with Crippen LogP contribution in [0.5, 0.6) is 5.75 Å². The number of nitrogens with one attached hydrogen (secondary N) is 2. The molecule has 0 aliphatic heterocycles. The van der Waals surface area contributed by atoms with Crippen LogP contribution in [0.2, 0.25) is 0 Å². The number of carbonyl (C=O) groups excluding carboxylic acids is 1. The van der Waals surface area contributed by atoms with Crippen LogP contribution in [-0.2, 0) is 9.53 Å². The average Bonchev–Trinajstić information content (AvgIpc) is 2.50. The molecule has 1 aromatic carbocycles. The largest absolute Gasteiger partial charge is 0.497 e. The molecule has 0 fully saturated rings. The summed E-state index contributed by atoms with van der Waals surface area (Å²) >= 11 is 5.12. The molecular formula is C15H22N2O3S. The Morgan fingerprint density at radius 2 is 2.14 bits per heavy atom. The number of carbonyl (C=O) groups is 1. The molecule has 21 heavy (non-hydrogen) atoms. The summed E-state index contributed by atoms with van der Waals surface area (Å²) < 4.78 is 10.2. The fourth-order valence-electron chi connectivity index (χ4n) is 1.62. The lowest BCUT2D eigenvalue weighted by molar-refractivity contribution is -0.142. The van der Waals surface area contributed by atoms with Gasteiger partial charge in [-0.1, -0.05) is 25.8 Å². The summed E-state index contributed by atoms with van der Waals surface area (Å²) in [6.45, 7) is 2.62. The number of unbranched alkanes of at least 4 members (excludes halogenated alkanes) is 2. The maximum Gasteiger partial charge on any atom is 0.325 e. The summed E-state index contributed by atoms with van der Waals surface area (Å²) in [5, 5.41) is 6.16. The van der Waals surface area contributed by atoms with Crippen molar-refractivity contribution in [3.63, 3.8) is 0 Å². The first-order valence-electron chi connectivity index (χ1n) is 7.00. The van der Waals surface area contributed by atoms with Crippen molar-refractivity contribution < 1.29 is 14.3 Å². The summed E-state index contributed by atoms with van der Waals surface area (Å²) in [6, 6.07) is 7.37. The van der Waals surface area contributed by atoms with Gasteiger partial charge in [0.25, 0.3) is 0 Å². The van der Waals surface area contributed by atoms with E-state index in [0.29, 0.717) is 11.7 Å². The molecular weight excluding hydrogens is 288 g/mol. The highest BCUT2D eigenvalue weighted by Gasteiger charge is 2.04. The Morgan fingerprint density at radius 1 is 1.33 bits per heavy atom. The quantitative estimate of drug-likeness (QED) is 0.437. The summed E-state index contributed by atoms with van der Waals surface area (Å²) in [7, 11) is 1.60. The number of benzene rings is 1. The molecule has 0 saturated heterocycles. The lowest BCUT2D eigenvalue weighted by Crippen LogP contribution is -2.34. The lowest BCUT2D eigenvalue weighted by atomic mass is 10.3. The summed E-state index contributed by atoms with van der Waals surface area (Å²) in [4.78, 5) is 11.5. The number of esters is 1. The van der Waals surface area contributed by atoms with Crippen LogP contribution in [0.1, 0.15) is 26.2 Å². The first kappa shape index (κ1) is 17.2. The van der Waals surface area contributed by atoms with Crippen molar-refractivity contribution in [2.75, 3.05) is 25.6 Å². The molecule has 0 amide bonds. The fourth-order valence-corrected chi connectivity index (χ4v) is 1.81. The van der Waals surface area contributed by atoms with Gasteiger partial charge in [-0.25, -0.2) is 0 Å². The van der Waals surface area contributed by atoms with Crippen LogP contribution in [0.25, 0.3) is 0 Å². The van der Waals surface area contributed by atoms with E-state index in [4.69, 9.17) is 21.7 Å². The topological polar surface area (TPSA) is 59.6 Å². The van der Waals surface area contributed by atoms with Crippen molar-refractivity contribution in [3.8, 4) is 5.75 Å². The van der Waals surface area contributed by atoms with Crippen molar-refractivity contribution in [2.24, 2.45) is 0 Å². The van der Waals surface area contributed by atoms with Crippen LogP contribution in [0, 0.1) is 0 Å². The maximum absolute atomic E-state index is 11.5. The van der Waals surface area contributed by atoms with Crippen LogP contribution in [0.15, 0.2) is 24.3 Å². The minimum absolute atomic E-state index is 0.0575. The molecule has 0 atom stereocenters. The fraction of sp³-hybridized carbons (Fsp3) is 0.467. The van der Waals surface area contributed by atoms with Gasteiger partial charge in [-0.2, -0.15) is 0 Å². The zero-order valence-electron chi connectivity index (χ0n) is 12.5. The van der Waals surface area contributed by atoms with Crippen LogP contribution in [0.4, 0.5) is 5.69 Å². The Kier molecular flexibility index (Phi) is 8.19. The van der Waals surface area contributed by atoms with Crippen molar-refractivity contribution in [1.82, 2.24) is 5.32 Å². The van der Waals surface area contributed by atoms with Gasteiger partial charge in [0.15, 0.2) is 5.11 Å². The van der Waals surface area contributed by atoms with E-state index < -0.39 is 0 Å². The molecule has 0 aliphatic carbocycles. The predicted molar refractivity (Wildman–Crippen MR) is 87.7 cm³/mol. The summed E-state index contributed by atoms with van der Waals surface area (Å²) in [5.41, 5.74) is 0.795. The van der Waals surface area contributed by atoms with Crippen molar-refractivity contribution in [1.29, 1.82) is 0 Å². The molecule has 0 saturated carbocycles. The average molecular weight is 310 g/mol. The number of thiocarbonyl (C=S) groups is 1. The molecule has 6 heteroatoms. The van der Waals surface area contributed by atoms with Gasteiger partial charge in [-0.3, -0.25) is 4.79 Å². The second kappa shape index (κ2) is 9.99. The second-order valence-corrected chi connectivity index (χ2v) is 4.88. The summed E-state index contributed by atoms with van der Waals surface area (Å²) in [6.07, 6.45) is 3.07. The highest BCUT2D eigenvalue weighted by molar-refractivity contribution is 7.80. The predicted octanol–water partition coefficient (Wildman–Crippen LogP) is 2.72. The third-order valence-corrected chi connectivity index (χ3v) is 2.98. The monoisotopic (exact) mass is 310 g/mol. The molecule has 0 aliphatic rings. The minimum Gasteiger partial charge on any atom is -0.497 e. The molecule has 0 aromatic heterocycles. The number of anilines is 1. The smallest absolute Gasteiger partial charge is 0.325 e. The molecule has 0 heterocycles. The summed E-state index contributed by atoms with van der Waals surface area (Å²) in [5.74, 6) is 0.430. The van der Waals surface area contributed by atoms with E-state index >= 15 is 0 Å². The lowest BCUT2D eigenvalue weighted by Gasteiger charge is -2.11. The van der Waals surface area contributed by atoms with Gasteiger partial charge >= 0.3 is 5.97 Å². The Labute approximate surface area is 131 Å². The Hall–Kier alpha value is -1.82. The van der Waals surface area contributed by atoms with E-state index in [-0.39, 0.29) is 12.5 Å². The first-order chi connectivity index (χ1) is 10.2. The van der Waals surface area contributed by atoms with E-state index in [1.807, 2.05) is 24.3 Å². The zero-order valence-corrected chi connectivity index (χ0v) is 13.3. The zero-order chi connectivity index (χ0) is 15.5. The number of hydrogen-bond donors (Lipinski definition) is 2. The molecule has 1 rings (SSSR count). The van der Waals surface area contributed by atoms with E-state index in [0.717, 1.165) is 30.7 Å². The molecule has 2 N–H and O–H groups in total. The SMILES string of the molecule is CCCCCOC(=O)CNC(=S)Nc1cccc(OC)c1. The normalized spacial score (nSPS) is 9.81. The van der Waals surface area contributed by atoms with Gasteiger partial charge in [0.2, 0.25) is 0 Å². The van der Waals surface area contributed by atoms with Crippen LogP contribution in [0.3, 0.4) is 0 Å². The Morgan fingerprint density at radius 3 is 2.86 bits per heavy atom. The molecule has 0 radical (unpaired) electrons. The maximum atomic E-state index is 11.5. The van der Waals surface area contributed by atoms with Gasteiger partial charge in [-0.05, 0) is 30.8 Å². The van der Waals surface area contributed by atoms with Crippen LogP contribution < -0.4 is 15.4 Å². The van der Waals surface area contributed by atoms with Crippen LogP contribution in [-0.4, -0.2) is 31.3 Å². The van der Waals surface area contributed by atoms with E-state index in [2.05, 4.69) is 17.6 Å². The molecule has 5 nitrogen and oxygen atoms in total. The standard InChI is InChI=1S/C15H22N2O3S/c1-3-4-5-9-20-14(18)11-16-15(21)17-12-7-6-8-13(10-12)19-2/h6-8,10H,3-5,9,11H2,1-2H3,(H2,16,17,21). The number of ether oxygens (including phenoxy) is 2. The molecule has 1 aromatic rings. The molecule has 0 bridgehead atoms. The Bertz CT molecular complexity index is 466. The highest BCUT2D eigenvalue weighted by atomic mass is 32.1. The molecule has 116 valence electrons. The van der Waals surface area contributed by atoms with Gasteiger partial charge in [0.05, 0.1) is 13.7 Å². The van der Waals surface area contributed by atoms with Crippen molar-refractivity contribution in [2.45, 2.75) is 26.2 Å². The number of methoxy groups -OCH3 is 1. The van der Waals surface area contributed by atoms with Crippen molar-refractivity contribution in [3.05, 3.63) is 24.3 Å². The minimum atomic E-state index is -0.305. The Balaban J connectivity index is 2.25. The third-order valence-electron chi connectivity index (χ3n) is 2.73.